The van der Waals surface area contributed by atoms with Crippen LogP contribution in [0.4, 0.5) is 13.2 Å². The van der Waals surface area contributed by atoms with E-state index in [2.05, 4.69) is 15.0 Å². The summed E-state index contributed by atoms with van der Waals surface area (Å²) < 4.78 is 37.3. The van der Waals surface area contributed by atoms with Crippen LogP contribution in [0, 0.1) is 13.8 Å². The van der Waals surface area contributed by atoms with E-state index in [4.69, 9.17) is 11.6 Å². The number of thiazole rings is 1. The highest BCUT2D eigenvalue weighted by Gasteiger charge is 2.35. The Morgan fingerprint density at radius 3 is 2.33 bits per heavy atom. The van der Waals surface area contributed by atoms with E-state index in [1.807, 2.05) is 0 Å². The van der Waals surface area contributed by atoms with E-state index in [1.54, 1.807) is 13.8 Å². The van der Waals surface area contributed by atoms with Gasteiger partial charge in [-0.15, -0.1) is 11.3 Å². The molecular formula is C10H7ClF3N3S. The summed E-state index contributed by atoms with van der Waals surface area (Å²) in [6.45, 7) is 3.44. The lowest BCUT2D eigenvalue weighted by Crippen LogP contribution is -2.02. The van der Waals surface area contributed by atoms with Gasteiger partial charge in [-0.25, -0.2) is 15.0 Å². The number of alkyl halides is 3. The highest BCUT2D eigenvalue weighted by atomic mass is 35.5. The summed E-state index contributed by atoms with van der Waals surface area (Å²) in [7, 11) is 0. The highest BCUT2D eigenvalue weighted by Crippen LogP contribution is 2.37. The van der Waals surface area contributed by atoms with Crippen LogP contribution in [0.2, 0.25) is 5.15 Å². The van der Waals surface area contributed by atoms with Crippen molar-refractivity contribution in [3.8, 4) is 10.6 Å². The number of nitrogens with zero attached hydrogens (tertiary/aromatic N) is 3. The van der Waals surface area contributed by atoms with Crippen LogP contribution < -0.4 is 0 Å². The molecule has 0 radical (unpaired) electrons. The van der Waals surface area contributed by atoms with E-state index >= 15 is 0 Å². The summed E-state index contributed by atoms with van der Waals surface area (Å²) in [5, 5.41) is -0.843. The SMILES string of the molecule is Cc1nc(Cl)c(-c2cnc(C(F)(F)F)s2)nc1C. The van der Waals surface area contributed by atoms with E-state index < -0.39 is 11.2 Å². The van der Waals surface area contributed by atoms with Gasteiger partial charge < -0.3 is 0 Å². The van der Waals surface area contributed by atoms with Gasteiger partial charge in [-0.1, -0.05) is 11.6 Å². The monoisotopic (exact) mass is 293 g/mol. The van der Waals surface area contributed by atoms with E-state index in [9.17, 15) is 13.2 Å². The third kappa shape index (κ3) is 2.46. The number of hydrogen-bond donors (Lipinski definition) is 0. The third-order valence-corrected chi connectivity index (χ3v) is 3.56. The Hall–Kier alpha value is -1.21. The molecule has 0 unspecified atom stereocenters. The molecule has 0 aliphatic carbocycles. The number of aromatic nitrogens is 3. The lowest BCUT2D eigenvalue weighted by Gasteiger charge is -2.04. The molecule has 8 heteroatoms. The minimum atomic E-state index is -4.46. The fourth-order valence-electron chi connectivity index (χ4n) is 1.25. The first kappa shape index (κ1) is 13.2. The van der Waals surface area contributed by atoms with Crippen LogP contribution >= 0.6 is 22.9 Å². The Labute approximate surface area is 110 Å². The second-order valence-electron chi connectivity index (χ2n) is 3.56. The van der Waals surface area contributed by atoms with Crippen LogP contribution in [0.1, 0.15) is 16.4 Å². The second-order valence-corrected chi connectivity index (χ2v) is 4.95. The predicted molar refractivity (Wildman–Crippen MR) is 62.6 cm³/mol. The van der Waals surface area contributed by atoms with Gasteiger partial charge in [0.2, 0.25) is 0 Å². The minimum absolute atomic E-state index is 0.0791. The van der Waals surface area contributed by atoms with E-state index in [-0.39, 0.29) is 15.7 Å². The Morgan fingerprint density at radius 2 is 1.78 bits per heavy atom. The quantitative estimate of drug-likeness (QED) is 0.800. The first-order valence-electron chi connectivity index (χ1n) is 4.83. The molecule has 0 aliphatic rings. The molecular weight excluding hydrogens is 287 g/mol. The van der Waals surface area contributed by atoms with Crippen molar-refractivity contribution >= 4 is 22.9 Å². The second kappa shape index (κ2) is 4.47. The number of hydrogen-bond acceptors (Lipinski definition) is 4. The van der Waals surface area contributed by atoms with Crippen LogP contribution in [0.15, 0.2) is 6.20 Å². The fraction of sp³-hybridized carbons (Fsp3) is 0.300. The summed E-state index contributed by atoms with van der Waals surface area (Å²) >= 11 is 6.38. The van der Waals surface area contributed by atoms with Crippen LogP contribution in [0.5, 0.6) is 0 Å². The van der Waals surface area contributed by atoms with Crippen LogP contribution in [-0.4, -0.2) is 15.0 Å². The maximum atomic E-state index is 12.4. The summed E-state index contributed by atoms with van der Waals surface area (Å²) in [6, 6.07) is 0. The molecule has 0 amide bonds. The zero-order chi connectivity index (χ0) is 13.5. The molecule has 2 rings (SSSR count). The van der Waals surface area contributed by atoms with Crippen LogP contribution in [-0.2, 0) is 6.18 Å². The van der Waals surface area contributed by atoms with Crippen molar-refractivity contribution < 1.29 is 13.2 Å². The molecule has 2 aromatic rings. The average molecular weight is 294 g/mol. The molecule has 2 heterocycles. The van der Waals surface area contributed by atoms with Crippen LogP contribution in [0.3, 0.4) is 0 Å². The molecule has 0 spiro atoms. The van der Waals surface area contributed by atoms with Crippen molar-refractivity contribution in [1.29, 1.82) is 0 Å². The normalized spacial score (nSPS) is 11.9. The van der Waals surface area contributed by atoms with Crippen molar-refractivity contribution in [2.24, 2.45) is 0 Å². The van der Waals surface area contributed by atoms with Crippen molar-refractivity contribution in [3.05, 3.63) is 27.7 Å². The Kier molecular flexibility index (Phi) is 3.29. The Balaban J connectivity index is 2.50. The largest absolute Gasteiger partial charge is 0.443 e. The van der Waals surface area contributed by atoms with Gasteiger partial charge in [-0.05, 0) is 13.8 Å². The van der Waals surface area contributed by atoms with Crippen LogP contribution in [0.25, 0.3) is 10.6 Å². The van der Waals surface area contributed by atoms with Gasteiger partial charge in [-0.2, -0.15) is 13.2 Å². The molecule has 0 N–H and O–H groups in total. The lowest BCUT2D eigenvalue weighted by atomic mass is 10.3. The Morgan fingerprint density at radius 1 is 1.17 bits per heavy atom. The van der Waals surface area contributed by atoms with E-state index in [1.165, 1.54) is 0 Å². The third-order valence-electron chi connectivity index (χ3n) is 2.25. The van der Waals surface area contributed by atoms with Gasteiger partial charge in [-0.3, -0.25) is 0 Å². The molecule has 0 aromatic carbocycles. The van der Waals surface area contributed by atoms with Crippen molar-refractivity contribution in [2.75, 3.05) is 0 Å². The van der Waals surface area contributed by atoms with Gasteiger partial charge in [0.25, 0.3) is 0 Å². The Bertz CT molecular complexity index is 595. The number of aryl methyl sites for hydroxylation is 2. The molecule has 2 aromatic heterocycles. The highest BCUT2D eigenvalue weighted by molar-refractivity contribution is 7.15. The average Bonchev–Trinajstić information content (AvgIpc) is 2.72. The molecule has 0 saturated carbocycles. The van der Waals surface area contributed by atoms with Crippen molar-refractivity contribution in [2.45, 2.75) is 20.0 Å². The van der Waals surface area contributed by atoms with Gasteiger partial charge in [0.1, 0.15) is 5.69 Å². The summed E-state index contributed by atoms with van der Waals surface area (Å²) in [6.07, 6.45) is -3.35. The lowest BCUT2D eigenvalue weighted by molar-refractivity contribution is -0.137. The fourth-order valence-corrected chi connectivity index (χ4v) is 2.35. The first-order valence-corrected chi connectivity index (χ1v) is 6.02. The molecule has 3 nitrogen and oxygen atoms in total. The van der Waals surface area contributed by atoms with E-state index in [0.717, 1.165) is 6.20 Å². The standard InChI is InChI=1S/C10H7ClF3N3S/c1-4-5(2)17-8(11)7(16-4)6-3-15-9(18-6)10(12,13)14/h3H,1-2H3. The molecule has 0 atom stereocenters. The van der Waals surface area contributed by atoms with Crippen molar-refractivity contribution in [1.82, 2.24) is 15.0 Å². The summed E-state index contributed by atoms with van der Waals surface area (Å²) in [4.78, 5) is 11.7. The summed E-state index contributed by atoms with van der Waals surface area (Å²) in [5.41, 5.74) is 1.49. The molecule has 0 aliphatic heterocycles. The molecule has 18 heavy (non-hydrogen) atoms. The van der Waals surface area contributed by atoms with Gasteiger partial charge in [0, 0.05) is 6.20 Å². The van der Waals surface area contributed by atoms with Gasteiger partial charge in [0.05, 0.1) is 16.3 Å². The molecule has 0 bridgehead atoms. The maximum Gasteiger partial charge on any atom is 0.443 e. The van der Waals surface area contributed by atoms with Gasteiger partial charge in [0.15, 0.2) is 10.2 Å². The maximum absolute atomic E-state index is 12.4. The minimum Gasteiger partial charge on any atom is -0.247 e. The number of rotatable bonds is 1. The first-order chi connectivity index (χ1) is 8.29. The topological polar surface area (TPSA) is 38.7 Å². The zero-order valence-corrected chi connectivity index (χ0v) is 10.9. The molecule has 0 saturated heterocycles. The number of halogens is 4. The summed E-state index contributed by atoms with van der Waals surface area (Å²) in [5.74, 6) is 0. The van der Waals surface area contributed by atoms with E-state index in [0.29, 0.717) is 22.7 Å². The molecule has 96 valence electrons. The predicted octanol–water partition coefficient (Wildman–Crippen LogP) is 3.89. The van der Waals surface area contributed by atoms with Gasteiger partial charge >= 0.3 is 6.18 Å². The smallest absolute Gasteiger partial charge is 0.247 e. The van der Waals surface area contributed by atoms with Crippen molar-refractivity contribution in [3.63, 3.8) is 0 Å². The zero-order valence-electron chi connectivity index (χ0n) is 9.34. The molecule has 0 fully saturated rings.